The third-order valence-corrected chi connectivity index (χ3v) is 2.26. The summed E-state index contributed by atoms with van der Waals surface area (Å²) in [5.74, 6) is -0.759. The minimum absolute atomic E-state index is 0.00268. The van der Waals surface area contributed by atoms with Crippen molar-refractivity contribution in [3.8, 4) is 0 Å². The van der Waals surface area contributed by atoms with Crippen molar-refractivity contribution in [3.05, 3.63) is 23.0 Å². The molecule has 0 aromatic carbocycles. The van der Waals surface area contributed by atoms with Crippen LogP contribution in [0, 0.1) is 0 Å². The molecule has 1 amide bonds. The van der Waals surface area contributed by atoms with E-state index in [4.69, 9.17) is 16.3 Å². The number of hydrogen-bond donors (Lipinski definition) is 1. The van der Waals surface area contributed by atoms with Gasteiger partial charge in [0, 0.05) is 0 Å². The summed E-state index contributed by atoms with van der Waals surface area (Å²) in [6.07, 6.45) is 2.37. The van der Waals surface area contributed by atoms with Crippen molar-refractivity contribution in [2.24, 2.45) is 0 Å². The molecule has 1 aliphatic heterocycles. The Kier molecular flexibility index (Phi) is 2.09. The third kappa shape index (κ3) is 1.59. The van der Waals surface area contributed by atoms with Crippen LogP contribution >= 0.6 is 11.6 Å². The van der Waals surface area contributed by atoms with Gasteiger partial charge < -0.3 is 10.1 Å². The molecule has 0 saturated carbocycles. The summed E-state index contributed by atoms with van der Waals surface area (Å²) in [5, 5.41) is 2.62. The Balaban J connectivity index is 2.21. The molecule has 70 valence electrons. The van der Waals surface area contributed by atoms with Gasteiger partial charge in [0.25, 0.3) is 0 Å². The molecule has 2 rings (SSSR count). The maximum absolute atomic E-state index is 12.9. The molecule has 1 saturated heterocycles. The van der Waals surface area contributed by atoms with Crippen LogP contribution < -0.4 is 5.32 Å². The first-order valence-corrected chi connectivity index (χ1v) is 4.20. The summed E-state index contributed by atoms with van der Waals surface area (Å²) in [5.41, 5.74) is 0. The van der Waals surface area contributed by atoms with Crippen LogP contribution in [-0.2, 0) is 9.53 Å². The summed E-state index contributed by atoms with van der Waals surface area (Å²) in [6.45, 7) is -0.00268. The van der Waals surface area contributed by atoms with Crippen LogP contribution in [0.2, 0.25) is 0 Å². The highest BCUT2D eigenvalue weighted by Gasteiger charge is 2.30. The van der Waals surface area contributed by atoms with E-state index >= 15 is 0 Å². The lowest BCUT2D eigenvalue weighted by Gasteiger charge is -2.30. The number of fused-ring (bicyclic) bond motifs is 1. The lowest BCUT2D eigenvalue weighted by Crippen LogP contribution is -2.50. The Labute approximate surface area is 79.2 Å². The molecule has 1 N–H and O–H groups in total. The number of nitrogens with one attached hydrogen (secondary N) is 1. The van der Waals surface area contributed by atoms with Crippen molar-refractivity contribution in [2.45, 2.75) is 12.1 Å². The minimum atomic E-state index is -0.520. The topological polar surface area (TPSA) is 38.3 Å². The van der Waals surface area contributed by atoms with E-state index in [2.05, 4.69) is 5.32 Å². The maximum Gasteiger partial charge on any atom is 0.246 e. The van der Waals surface area contributed by atoms with Gasteiger partial charge >= 0.3 is 0 Å². The zero-order valence-electron chi connectivity index (χ0n) is 6.59. The molecule has 3 nitrogen and oxygen atoms in total. The van der Waals surface area contributed by atoms with E-state index in [0.29, 0.717) is 0 Å². The lowest BCUT2D eigenvalue weighted by molar-refractivity contribution is -0.133. The molecular weight excluding hydrogens is 197 g/mol. The first-order chi connectivity index (χ1) is 6.16. The van der Waals surface area contributed by atoms with Crippen LogP contribution in [0.15, 0.2) is 23.0 Å². The summed E-state index contributed by atoms with van der Waals surface area (Å²) in [6, 6.07) is -0.427. The lowest BCUT2D eigenvalue weighted by atomic mass is 10.0. The molecule has 1 heterocycles. The normalized spacial score (nSPS) is 32.9. The van der Waals surface area contributed by atoms with Gasteiger partial charge in [-0.25, -0.2) is 4.39 Å². The fraction of sp³-hybridized carbons (Fsp3) is 0.375. The van der Waals surface area contributed by atoms with Gasteiger partial charge in [-0.15, -0.1) is 0 Å². The number of rotatable bonds is 0. The van der Waals surface area contributed by atoms with Gasteiger partial charge in [0.1, 0.15) is 18.5 Å². The van der Waals surface area contributed by atoms with Crippen LogP contribution in [0.5, 0.6) is 0 Å². The predicted octanol–water partition coefficient (Wildman–Crippen LogP) is 0.860. The van der Waals surface area contributed by atoms with Crippen molar-refractivity contribution in [1.82, 2.24) is 5.32 Å². The minimum Gasteiger partial charge on any atom is -0.362 e. The summed E-state index contributed by atoms with van der Waals surface area (Å²) in [4.78, 5) is 10.9. The van der Waals surface area contributed by atoms with Gasteiger partial charge in [-0.3, -0.25) is 4.79 Å². The fourth-order valence-corrected chi connectivity index (χ4v) is 1.52. The number of carbonyl (C=O) groups is 1. The molecule has 13 heavy (non-hydrogen) atoms. The van der Waals surface area contributed by atoms with E-state index < -0.39 is 11.9 Å². The van der Waals surface area contributed by atoms with Crippen LogP contribution in [0.1, 0.15) is 0 Å². The van der Waals surface area contributed by atoms with E-state index in [1.165, 1.54) is 12.2 Å². The summed E-state index contributed by atoms with van der Waals surface area (Å²) >= 11 is 5.55. The molecule has 1 fully saturated rings. The van der Waals surface area contributed by atoms with Crippen LogP contribution in [0.4, 0.5) is 4.39 Å². The monoisotopic (exact) mass is 203 g/mol. The van der Waals surface area contributed by atoms with Gasteiger partial charge in [0.2, 0.25) is 5.91 Å². The molecular formula is C8H7ClFNO2. The molecule has 2 atom stereocenters. The van der Waals surface area contributed by atoms with E-state index in [1.54, 1.807) is 0 Å². The van der Waals surface area contributed by atoms with Crippen LogP contribution in [-0.4, -0.2) is 24.7 Å². The molecule has 2 unspecified atom stereocenters. The number of allylic oxidation sites excluding steroid dienone is 2. The Morgan fingerprint density at radius 1 is 1.62 bits per heavy atom. The second-order valence-electron chi connectivity index (χ2n) is 2.90. The van der Waals surface area contributed by atoms with Crippen molar-refractivity contribution in [1.29, 1.82) is 0 Å². The van der Waals surface area contributed by atoms with Gasteiger partial charge in [-0.1, -0.05) is 11.6 Å². The number of carbonyl (C=O) groups excluding carboxylic acids is 1. The molecule has 0 aromatic heterocycles. The average Bonchev–Trinajstić information content (AvgIpc) is 2.08. The highest BCUT2D eigenvalue weighted by atomic mass is 35.5. The largest absolute Gasteiger partial charge is 0.362 e. The second-order valence-corrected chi connectivity index (χ2v) is 3.31. The summed E-state index contributed by atoms with van der Waals surface area (Å²) in [7, 11) is 0. The smallest absolute Gasteiger partial charge is 0.246 e. The first kappa shape index (κ1) is 8.72. The SMILES string of the molecule is O=C1COC2C=C(Cl)C(F)=CC2N1. The van der Waals surface area contributed by atoms with E-state index in [-0.39, 0.29) is 23.7 Å². The van der Waals surface area contributed by atoms with Crippen molar-refractivity contribution < 1.29 is 13.9 Å². The number of morpholine rings is 1. The average molecular weight is 204 g/mol. The Bertz CT molecular complexity index is 313. The fourth-order valence-electron chi connectivity index (χ4n) is 1.33. The van der Waals surface area contributed by atoms with E-state index in [9.17, 15) is 9.18 Å². The number of ether oxygens (including phenoxy) is 1. The van der Waals surface area contributed by atoms with Gasteiger partial charge in [0.15, 0.2) is 0 Å². The third-order valence-electron chi connectivity index (χ3n) is 1.95. The zero-order chi connectivity index (χ0) is 9.42. The van der Waals surface area contributed by atoms with Crippen molar-refractivity contribution in [3.63, 3.8) is 0 Å². The van der Waals surface area contributed by atoms with Gasteiger partial charge in [0.05, 0.1) is 11.1 Å². The van der Waals surface area contributed by atoms with Crippen molar-refractivity contribution >= 4 is 17.5 Å². The molecule has 0 radical (unpaired) electrons. The Morgan fingerprint density at radius 3 is 3.15 bits per heavy atom. The molecule has 0 bridgehead atoms. The van der Waals surface area contributed by atoms with Crippen LogP contribution in [0.25, 0.3) is 0 Å². The van der Waals surface area contributed by atoms with E-state index in [0.717, 1.165) is 0 Å². The number of hydrogen-bond acceptors (Lipinski definition) is 2. The van der Waals surface area contributed by atoms with Gasteiger partial charge in [-0.2, -0.15) is 0 Å². The molecule has 0 spiro atoms. The van der Waals surface area contributed by atoms with Crippen molar-refractivity contribution in [2.75, 3.05) is 6.61 Å². The highest BCUT2D eigenvalue weighted by Crippen LogP contribution is 2.26. The second kappa shape index (κ2) is 3.12. The number of halogens is 2. The zero-order valence-corrected chi connectivity index (χ0v) is 7.34. The standard InChI is InChI=1S/C8H7ClFNO2/c9-4-1-7-6(2-5(4)10)11-8(12)3-13-7/h1-2,6-7H,3H2,(H,11,12). The van der Waals surface area contributed by atoms with E-state index in [1.807, 2.05) is 0 Å². The highest BCUT2D eigenvalue weighted by molar-refractivity contribution is 6.31. The molecule has 0 aromatic rings. The predicted molar refractivity (Wildman–Crippen MR) is 44.8 cm³/mol. The van der Waals surface area contributed by atoms with Gasteiger partial charge in [-0.05, 0) is 12.2 Å². The Hall–Kier alpha value is -0.870. The molecule has 1 aliphatic carbocycles. The molecule has 2 aliphatic rings. The molecule has 5 heteroatoms. The maximum atomic E-state index is 12.9. The summed E-state index contributed by atoms with van der Waals surface area (Å²) < 4.78 is 18.1. The van der Waals surface area contributed by atoms with Crippen LogP contribution in [0.3, 0.4) is 0 Å². The first-order valence-electron chi connectivity index (χ1n) is 3.83. The Morgan fingerprint density at radius 2 is 2.38 bits per heavy atom. The quantitative estimate of drug-likeness (QED) is 0.634. The number of amides is 1.